The minimum atomic E-state index is -5.17. The lowest BCUT2D eigenvalue weighted by Gasteiger charge is -2.33. The standard InChI is InChI=1S/C29H29F5N4O7/c1-15(37(27(41)45-28(2,3)4)11-10-22-24(38(42)43)8-9-25(36-22)44-5)17-12-16(30)6-7-21(17)35-23-14-19(29(32,33)34)20(31)13-18(23)26(39)40/h6-9,12-15,35H,10-11H2,1-5H3,(H,39,40). The number of carboxylic acids is 1. The van der Waals surface area contributed by atoms with Gasteiger partial charge >= 0.3 is 18.2 Å². The molecular weight excluding hydrogens is 611 g/mol. The highest BCUT2D eigenvalue weighted by Gasteiger charge is 2.36. The van der Waals surface area contributed by atoms with Crippen LogP contribution in [0.2, 0.25) is 0 Å². The summed E-state index contributed by atoms with van der Waals surface area (Å²) in [5.41, 5.74) is -4.83. The third kappa shape index (κ3) is 8.55. The van der Waals surface area contributed by atoms with Gasteiger partial charge in [-0.05, 0) is 58.0 Å². The summed E-state index contributed by atoms with van der Waals surface area (Å²) in [6.45, 7) is 5.90. The molecule has 16 heteroatoms. The zero-order chi connectivity index (χ0) is 33.9. The number of carboxylic acid groups (broad SMARTS) is 1. The molecule has 0 aliphatic heterocycles. The Balaban J connectivity index is 2.11. The number of benzene rings is 2. The van der Waals surface area contributed by atoms with Gasteiger partial charge in [-0.1, -0.05) is 0 Å². The molecule has 1 atom stereocenters. The maximum absolute atomic E-state index is 14.6. The fourth-order valence-corrected chi connectivity index (χ4v) is 4.30. The first-order chi connectivity index (χ1) is 20.8. The number of rotatable bonds is 10. The normalized spacial score (nSPS) is 12.3. The Morgan fingerprint density at radius 3 is 2.31 bits per heavy atom. The van der Waals surface area contributed by atoms with Crippen molar-refractivity contribution in [3.05, 3.63) is 86.6 Å². The van der Waals surface area contributed by atoms with Crippen LogP contribution in [-0.4, -0.2) is 51.2 Å². The van der Waals surface area contributed by atoms with Crippen LogP contribution in [0.5, 0.6) is 5.88 Å². The molecule has 1 heterocycles. The molecular formula is C29H29F5N4O7. The van der Waals surface area contributed by atoms with Gasteiger partial charge < -0.3 is 24.8 Å². The maximum atomic E-state index is 14.6. The predicted molar refractivity (Wildman–Crippen MR) is 151 cm³/mol. The summed E-state index contributed by atoms with van der Waals surface area (Å²) in [7, 11) is 1.31. The molecule has 242 valence electrons. The molecule has 3 aromatic rings. The van der Waals surface area contributed by atoms with Crippen molar-refractivity contribution in [2.75, 3.05) is 19.0 Å². The van der Waals surface area contributed by atoms with E-state index in [-0.39, 0.29) is 53.6 Å². The number of nitro groups is 1. The Morgan fingerprint density at radius 2 is 1.76 bits per heavy atom. The number of nitrogens with zero attached hydrogens (tertiary/aromatic N) is 3. The molecule has 1 amide bonds. The van der Waals surface area contributed by atoms with Crippen LogP contribution in [0.15, 0.2) is 42.5 Å². The lowest BCUT2D eigenvalue weighted by atomic mass is 10.0. The Kier molecular flexibility index (Phi) is 10.2. The average molecular weight is 641 g/mol. The second kappa shape index (κ2) is 13.3. The SMILES string of the molecule is COc1ccc([N+](=O)[O-])c(CCN(C(=O)OC(C)(C)C)C(C)c2cc(F)ccc2Nc2cc(C(F)(F)F)c(F)cc2C(=O)O)n1. The van der Waals surface area contributed by atoms with Crippen LogP contribution < -0.4 is 10.1 Å². The molecule has 0 aliphatic rings. The number of hydrogen-bond donors (Lipinski definition) is 2. The number of aromatic carboxylic acids is 1. The number of methoxy groups -OCH3 is 1. The zero-order valence-corrected chi connectivity index (χ0v) is 24.7. The van der Waals surface area contributed by atoms with E-state index in [9.17, 15) is 46.8 Å². The van der Waals surface area contributed by atoms with E-state index in [4.69, 9.17) is 9.47 Å². The number of ether oxygens (including phenoxy) is 2. The second-order valence-corrected chi connectivity index (χ2v) is 10.7. The van der Waals surface area contributed by atoms with Gasteiger partial charge in [0.05, 0.1) is 34.9 Å². The number of hydrogen-bond acceptors (Lipinski definition) is 8. The van der Waals surface area contributed by atoms with E-state index in [2.05, 4.69) is 10.3 Å². The van der Waals surface area contributed by atoms with Crippen molar-refractivity contribution in [2.24, 2.45) is 0 Å². The minimum Gasteiger partial charge on any atom is -0.481 e. The predicted octanol–water partition coefficient (Wildman–Crippen LogP) is 7.28. The molecule has 1 unspecified atom stereocenters. The largest absolute Gasteiger partial charge is 0.481 e. The maximum Gasteiger partial charge on any atom is 0.419 e. The van der Waals surface area contributed by atoms with E-state index >= 15 is 0 Å². The molecule has 11 nitrogen and oxygen atoms in total. The van der Waals surface area contributed by atoms with Crippen LogP contribution in [0.1, 0.15) is 60.9 Å². The van der Waals surface area contributed by atoms with Gasteiger partial charge in [-0.15, -0.1) is 0 Å². The van der Waals surface area contributed by atoms with Crippen molar-refractivity contribution in [3.63, 3.8) is 0 Å². The molecule has 0 saturated carbocycles. The van der Waals surface area contributed by atoms with Crippen LogP contribution in [-0.2, 0) is 17.3 Å². The summed E-state index contributed by atoms with van der Waals surface area (Å²) in [4.78, 5) is 41.3. The van der Waals surface area contributed by atoms with E-state index in [1.807, 2.05) is 0 Å². The van der Waals surface area contributed by atoms with Crippen LogP contribution in [0.4, 0.5) is 43.8 Å². The van der Waals surface area contributed by atoms with Crippen molar-refractivity contribution >= 4 is 29.1 Å². The van der Waals surface area contributed by atoms with Crippen molar-refractivity contribution in [3.8, 4) is 5.88 Å². The zero-order valence-electron chi connectivity index (χ0n) is 24.7. The lowest BCUT2D eigenvalue weighted by Crippen LogP contribution is -2.40. The molecule has 2 N–H and O–H groups in total. The summed E-state index contributed by atoms with van der Waals surface area (Å²) in [6.07, 6.45) is -6.30. The summed E-state index contributed by atoms with van der Waals surface area (Å²) in [5, 5.41) is 23.7. The van der Waals surface area contributed by atoms with Crippen LogP contribution in [0.25, 0.3) is 0 Å². The number of carbonyl (C=O) groups is 2. The quantitative estimate of drug-likeness (QED) is 0.133. The number of pyridine rings is 1. The molecule has 0 fully saturated rings. The second-order valence-electron chi connectivity index (χ2n) is 10.7. The van der Waals surface area contributed by atoms with Gasteiger partial charge in [0.2, 0.25) is 5.88 Å². The van der Waals surface area contributed by atoms with Crippen molar-refractivity contribution in [1.82, 2.24) is 9.88 Å². The number of anilines is 2. The molecule has 0 radical (unpaired) electrons. The van der Waals surface area contributed by atoms with E-state index in [1.54, 1.807) is 20.8 Å². The average Bonchev–Trinajstić information content (AvgIpc) is 2.92. The van der Waals surface area contributed by atoms with E-state index in [1.165, 1.54) is 26.2 Å². The molecule has 3 rings (SSSR count). The number of amides is 1. The Labute approximate surface area is 253 Å². The Hall–Kier alpha value is -5.02. The molecule has 1 aromatic heterocycles. The molecule has 0 aliphatic carbocycles. The highest BCUT2D eigenvalue weighted by atomic mass is 19.4. The number of aromatic nitrogens is 1. The minimum absolute atomic E-state index is 0.0387. The number of alkyl halides is 3. The fraction of sp³-hybridized carbons (Fsp3) is 0.345. The van der Waals surface area contributed by atoms with Crippen LogP contribution in [0.3, 0.4) is 0 Å². The third-order valence-electron chi connectivity index (χ3n) is 6.39. The van der Waals surface area contributed by atoms with Gasteiger partial charge in [-0.25, -0.2) is 23.4 Å². The van der Waals surface area contributed by atoms with Crippen LogP contribution in [0, 0.1) is 21.7 Å². The van der Waals surface area contributed by atoms with Gasteiger partial charge in [-0.2, -0.15) is 13.2 Å². The van der Waals surface area contributed by atoms with Crippen molar-refractivity contribution in [2.45, 2.75) is 51.9 Å². The van der Waals surface area contributed by atoms with E-state index < -0.39 is 63.3 Å². The molecule has 2 aromatic carbocycles. The van der Waals surface area contributed by atoms with E-state index in [0.717, 1.165) is 23.1 Å². The molecule has 45 heavy (non-hydrogen) atoms. The van der Waals surface area contributed by atoms with Crippen molar-refractivity contribution in [1.29, 1.82) is 0 Å². The monoisotopic (exact) mass is 640 g/mol. The Bertz CT molecular complexity index is 1610. The molecule has 0 saturated heterocycles. The smallest absolute Gasteiger partial charge is 0.419 e. The molecule has 0 bridgehead atoms. The summed E-state index contributed by atoms with van der Waals surface area (Å²) < 4.78 is 79.7. The summed E-state index contributed by atoms with van der Waals surface area (Å²) in [6, 6.07) is 4.82. The van der Waals surface area contributed by atoms with Gasteiger partial charge in [0.15, 0.2) is 0 Å². The van der Waals surface area contributed by atoms with E-state index in [0.29, 0.717) is 0 Å². The Morgan fingerprint density at radius 1 is 1.09 bits per heavy atom. The fourth-order valence-electron chi connectivity index (χ4n) is 4.30. The van der Waals surface area contributed by atoms with Crippen molar-refractivity contribution < 1.29 is 51.0 Å². The lowest BCUT2D eigenvalue weighted by molar-refractivity contribution is -0.386. The topological polar surface area (TPSA) is 144 Å². The number of carbonyl (C=O) groups excluding carboxylic acids is 1. The number of halogens is 5. The summed E-state index contributed by atoms with van der Waals surface area (Å²) in [5.74, 6) is -4.31. The highest BCUT2D eigenvalue weighted by molar-refractivity contribution is 5.95. The first-order valence-corrected chi connectivity index (χ1v) is 13.2. The van der Waals surface area contributed by atoms with Gasteiger partial charge in [0, 0.05) is 36.3 Å². The van der Waals surface area contributed by atoms with Gasteiger partial charge in [-0.3, -0.25) is 10.1 Å². The molecule has 0 spiro atoms. The summed E-state index contributed by atoms with van der Waals surface area (Å²) >= 11 is 0. The van der Waals surface area contributed by atoms with Crippen LogP contribution >= 0.6 is 0 Å². The first kappa shape index (κ1) is 34.5. The number of nitrogens with one attached hydrogen (secondary N) is 1. The first-order valence-electron chi connectivity index (χ1n) is 13.2. The van der Waals surface area contributed by atoms with Gasteiger partial charge in [0.25, 0.3) is 5.69 Å². The van der Waals surface area contributed by atoms with Gasteiger partial charge in [0.1, 0.15) is 22.9 Å². The third-order valence-corrected chi connectivity index (χ3v) is 6.39. The highest BCUT2D eigenvalue weighted by Crippen LogP contribution is 2.38.